The van der Waals surface area contributed by atoms with Crippen molar-refractivity contribution in [2.75, 3.05) is 18.0 Å². The number of fused-ring (bicyclic) bond motifs is 2. The summed E-state index contributed by atoms with van der Waals surface area (Å²) in [4.78, 5) is 16.9. The number of halogens is 4. The number of H-pyrrole nitrogens is 1. The lowest BCUT2D eigenvalue weighted by atomic mass is 9.95. The monoisotopic (exact) mass is 619 g/mol. The SMILES string of the molecule is CCc1cccc(CC)c1-n1nc2c(c1-c1c(F)cc(COC(=O)CN)c3[nH]ccc13)CN(c1ccc(C(F)(F)F)cc1)CC2. The van der Waals surface area contributed by atoms with Gasteiger partial charge in [-0.05, 0) is 60.4 Å². The predicted octanol–water partition coefficient (Wildman–Crippen LogP) is 6.87. The number of alkyl halides is 3. The molecule has 2 aromatic heterocycles. The van der Waals surface area contributed by atoms with Gasteiger partial charge in [0.1, 0.15) is 12.4 Å². The number of aryl methyl sites for hydroxylation is 2. The Morgan fingerprint density at radius 2 is 1.76 bits per heavy atom. The fourth-order valence-corrected chi connectivity index (χ4v) is 6.20. The molecule has 0 atom stereocenters. The molecule has 234 valence electrons. The fourth-order valence-electron chi connectivity index (χ4n) is 6.20. The summed E-state index contributed by atoms with van der Waals surface area (Å²) in [5, 5.41) is 5.69. The van der Waals surface area contributed by atoms with Gasteiger partial charge in [-0.1, -0.05) is 32.0 Å². The third-order valence-corrected chi connectivity index (χ3v) is 8.44. The van der Waals surface area contributed by atoms with E-state index in [9.17, 15) is 18.0 Å². The van der Waals surface area contributed by atoms with E-state index in [2.05, 4.69) is 18.8 Å². The van der Waals surface area contributed by atoms with E-state index in [4.69, 9.17) is 15.6 Å². The van der Waals surface area contributed by atoms with Crippen molar-refractivity contribution in [2.45, 2.75) is 52.4 Å². The van der Waals surface area contributed by atoms with Gasteiger partial charge in [-0.3, -0.25) is 4.79 Å². The molecular weight excluding hydrogens is 586 g/mol. The first-order valence-corrected chi connectivity index (χ1v) is 14.9. The molecule has 0 radical (unpaired) electrons. The highest BCUT2D eigenvalue weighted by molar-refractivity contribution is 5.98. The second-order valence-electron chi connectivity index (χ2n) is 11.1. The van der Waals surface area contributed by atoms with Crippen LogP contribution in [0.15, 0.2) is 60.8 Å². The fraction of sp³-hybridized carbons (Fsp3) is 0.294. The number of hydrogen-bond acceptors (Lipinski definition) is 5. The number of aromatic nitrogens is 3. The minimum Gasteiger partial charge on any atom is -0.460 e. The highest BCUT2D eigenvalue weighted by atomic mass is 19.4. The standard InChI is InChI=1S/C34H33F4N5O2/c1-3-20-6-5-7-21(4-2)32(20)43-33(30-25-12-14-40-31(25)22(16-27(30)35)19-45-29(44)17-39)26-18-42(15-13-28(26)41-43)24-10-8-23(9-11-24)34(36,37)38/h5-12,14,16,40H,3-4,13,15,17-19,39H2,1-2H3. The minimum atomic E-state index is -4.43. The molecule has 7 nitrogen and oxygen atoms in total. The first kappa shape index (κ1) is 30.4. The number of carbonyl (C=O) groups excluding carboxylic acids is 1. The number of carbonyl (C=O) groups is 1. The van der Waals surface area contributed by atoms with Crippen molar-refractivity contribution >= 4 is 22.6 Å². The number of nitrogens with zero attached hydrogens (tertiary/aromatic N) is 3. The van der Waals surface area contributed by atoms with Crippen molar-refractivity contribution in [1.29, 1.82) is 0 Å². The first-order chi connectivity index (χ1) is 21.6. The Morgan fingerprint density at radius 3 is 2.40 bits per heavy atom. The molecule has 3 aromatic carbocycles. The van der Waals surface area contributed by atoms with Crippen LogP contribution in [0.5, 0.6) is 0 Å². The minimum absolute atomic E-state index is 0.151. The molecule has 0 unspecified atom stereocenters. The molecule has 0 bridgehead atoms. The Labute approximate surface area is 257 Å². The lowest BCUT2D eigenvalue weighted by molar-refractivity contribution is -0.143. The number of anilines is 1. The summed E-state index contributed by atoms with van der Waals surface area (Å²) in [7, 11) is 0. The maximum atomic E-state index is 16.5. The molecule has 6 rings (SSSR count). The third-order valence-electron chi connectivity index (χ3n) is 8.44. The molecule has 5 aromatic rings. The van der Waals surface area contributed by atoms with Crippen LogP contribution in [0.3, 0.4) is 0 Å². The quantitative estimate of drug-likeness (QED) is 0.146. The third kappa shape index (κ3) is 5.56. The van der Waals surface area contributed by atoms with Gasteiger partial charge >= 0.3 is 12.1 Å². The Morgan fingerprint density at radius 1 is 1.04 bits per heavy atom. The number of hydrogen-bond donors (Lipinski definition) is 2. The molecule has 45 heavy (non-hydrogen) atoms. The zero-order valence-corrected chi connectivity index (χ0v) is 25.0. The summed E-state index contributed by atoms with van der Waals surface area (Å²) < 4.78 is 63.4. The average molecular weight is 620 g/mol. The summed E-state index contributed by atoms with van der Waals surface area (Å²) in [6, 6.07) is 14.4. The highest BCUT2D eigenvalue weighted by Gasteiger charge is 2.33. The van der Waals surface area contributed by atoms with Crippen molar-refractivity contribution < 1.29 is 27.1 Å². The number of esters is 1. The Hall–Kier alpha value is -4.64. The van der Waals surface area contributed by atoms with Crippen LogP contribution in [-0.2, 0) is 48.1 Å². The van der Waals surface area contributed by atoms with Crippen molar-refractivity contribution in [1.82, 2.24) is 14.8 Å². The number of aromatic amines is 1. The summed E-state index contributed by atoms with van der Waals surface area (Å²) in [5.41, 5.74) is 12.0. The largest absolute Gasteiger partial charge is 0.460 e. The topological polar surface area (TPSA) is 89.2 Å². The number of rotatable bonds is 8. The van der Waals surface area contributed by atoms with E-state index in [-0.39, 0.29) is 13.2 Å². The van der Waals surface area contributed by atoms with E-state index in [0.717, 1.165) is 53.0 Å². The van der Waals surface area contributed by atoms with Gasteiger partial charge in [0, 0.05) is 53.5 Å². The summed E-state index contributed by atoms with van der Waals surface area (Å²) in [5.74, 6) is -1.11. The van der Waals surface area contributed by atoms with E-state index < -0.39 is 23.5 Å². The lowest BCUT2D eigenvalue weighted by Gasteiger charge is -2.29. The molecule has 0 spiro atoms. The number of para-hydroxylation sites is 1. The molecule has 0 amide bonds. The molecular formula is C34H33F4N5O2. The van der Waals surface area contributed by atoms with Gasteiger partial charge in [-0.15, -0.1) is 0 Å². The second-order valence-corrected chi connectivity index (χ2v) is 11.1. The first-order valence-electron chi connectivity index (χ1n) is 14.9. The Kier molecular flexibility index (Phi) is 8.13. The summed E-state index contributed by atoms with van der Waals surface area (Å²) in [6.45, 7) is 4.56. The van der Waals surface area contributed by atoms with E-state index in [1.807, 2.05) is 27.8 Å². The summed E-state index contributed by atoms with van der Waals surface area (Å²) >= 11 is 0. The van der Waals surface area contributed by atoms with Crippen LogP contribution in [-0.4, -0.2) is 33.8 Å². The molecule has 0 saturated heterocycles. The second kappa shape index (κ2) is 12.0. The smallest absolute Gasteiger partial charge is 0.416 e. The van der Waals surface area contributed by atoms with Crippen LogP contribution in [0, 0.1) is 5.82 Å². The van der Waals surface area contributed by atoms with E-state index >= 15 is 4.39 Å². The van der Waals surface area contributed by atoms with Crippen LogP contribution < -0.4 is 10.6 Å². The van der Waals surface area contributed by atoms with Gasteiger partial charge in [0.2, 0.25) is 0 Å². The normalized spacial score (nSPS) is 13.4. The van der Waals surface area contributed by atoms with Crippen LogP contribution in [0.25, 0.3) is 27.8 Å². The Bertz CT molecular complexity index is 1850. The molecule has 0 saturated carbocycles. The van der Waals surface area contributed by atoms with Crippen molar-refractivity contribution in [3.05, 3.63) is 100 Å². The molecule has 0 fully saturated rings. The molecule has 3 heterocycles. The molecule has 11 heteroatoms. The van der Waals surface area contributed by atoms with Gasteiger partial charge < -0.3 is 20.4 Å². The van der Waals surface area contributed by atoms with Gasteiger partial charge in [-0.25, -0.2) is 9.07 Å². The van der Waals surface area contributed by atoms with Crippen LogP contribution in [0.4, 0.5) is 23.2 Å². The van der Waals surface area contributed by atoms with Crippen molar-refractivity contribution in [3.63, 3.8) is 0 Å². The average Bonchev–Trinajstić information content (AvgIpc) is 3.68. The number of benzene rings is 3. The molecule has 3 N–H and O–H groups in total. The van der Waals surface area contributed by atoms with Crippen molar-refractivity contribution in [2.24, 2.45) is 5.73 Å². The number of ether oxygens (including phenoxy) is 1. The van der Waals surface area contributed by atoms with E-state index in [1.54, 1.807) is 12.3 Å². The zero-order chi connectivity index (χ0) is 31.9. The van der Waals surface area contributed by atoms with Gasteiger partial charge in [-0.2, -0.15) is 18.3 Å². The lowest BCUT2D eigenvalue weighted by Crippen LogP contribution is -2.30. The van der Waals surface area contributed by atoms with Gasteiger partial charge in [0.25, 0.3) is 0 Å². The van der Waals surface area contributed by atoms with Crippen LogP contribution in [0.2, 0.25) is 0 Å². The van der Waals surface area contributed by atoms with Gasteiger partial charge in [0.15, 0.2) is 0 Å². The number of nitrogens with two attached hydrogens (primary N) is 1. The Balaban J connectivity index is 1.55. The van der Waals surface area contributed by atoms with Crippen LogP contribution in [0.1, 0.15) is 47.4 Å². The molecule has 0 aliphatic carbocycles. The maximum Gasteiger partial charge on any atom is 0.416 e. The zero-order valence-electron chi connectivity index (χ0n) is 25.0. The van der Waals surface area contributed by atoms with E-state index in [0.29, 0.717) is 52.9 Å². The molecule has 1 aliphatic rings. The number of nitrogens with one attached hydrogen (secondary N) is 1. The summed E-state index contributed by atoms with van der Waals surface area (Å²) in [6.07, 6.45) is -0.728. The van der Waals surface area contributed by atoms with Crippen LogP contribution >= 0.6 is 0 Å². The highest BCUT2D eigenvalue weighted by Crippen LogP contribution is 2.41. The molecule has 1 aliphatic heterocycles. The predicted molar refractivity (Wildman–Crippen MR) is 165 cm³/mol. The van der Waals surface area contributed by atoms with Crippen molar-refractivity contribution in [3.8, 4) is 16.9 Å². The maximum absolute atomic E-state index is 16.5. The van der Waals surface area contributed by atoms with E-state index in [1.165, 1.54) is 18.2 Å². The van der Waals surface area contributed by atoms with Gasteiger partial charge in [0.05, 0.1) is 34.7 Å².